The average Bonchev–Trinajstić information content (AvgIpc) is 3.51. The lowest BCUT2D eigenvalue weighted by Gasteiger charge is -2.30. The summed E-state index contributed by atoms with van der Waals surface area (Å²) in [5.41, 5.74) is 2.30. The molecule has 0 saturated heterocycles. The highest BCUT2D eigenvalue weighted by Crippen LogP contribution is 2.37. The third-order valence-electron chi connectivity index (χ3n) is 7.65. The van der Waals surface area contributed by atoms with Crippen LogP contribution in [-0.4, -0.2) is 41.2 Å². The molecule has 0 spiro atoms. The molecule has 8 heteroatoms. The third kappa shape index (κ3) is 5.38. The summed E-state index contributed by atoms with van der Waals surface area (Å²) < 4.78 is 0. The minimum atomic E-state index is -0.665. The van der Waals surface area contributed by atoms with Crippen LogP contribution in [0.2, 0.25) is 10.0 Å². The lowest BCUT2D eigenvalue weighted by molar-refractivity contribution is -0.141. The molecule has 2 aliphatic rings. The summed E-state index contributed by atoms with van der Waals surface area (Å²) in [5.74, 6) is -0.363. The average molecular weight is 553 g/mol. The van der Waals surface area contributed by atoms with Crippen molar-refractivity contribution in [2.24, 2.45) is 0 Å². The first-order valence-corrected chi connectivity index (χ1v) is 14.0. The molecule has 6 nitrogen and oxygen atoms in total. The fourth-order valence-electron chi connectivity index (χ4n) is 5.54. The predicted molar refractivity (Wildman–Crippen MR) is 152 cm³/mol. The van der Waals surface area contributed by atoms with Crippen LogP contribution >= 0.6 is 23.2 Å². The number of nitrogens with one attached hydrogen (secondary N) is 1. The predicted octanol–water partition coefficient (Wildman–Crippen LogP) is 6.36. The highest BCUT2D eigenvalue weighted by atomic mass is 35.5. The Hall–Kier alpha value is -3.09. The minimum Gasteiger partial charge on any atom is -0.352 e. The zero-order chi connectivity index (χ0) is 26.8. The molecule has 1 saturated carbocycles. The zero-order valence-corrected chi connectivity index (χ0v) is 22.9. The van der Waals surface area contributed by atoms with Crippen LogP contribution in [0, 0.1) is 0 Å². The van der Waals surface area contributed by atoms with Crippen LogP contribution in [0.15, 0.2) is 54.6 Å². The molecule has 198 valence electrons. The van der Waals surface area contributed by atoms with Crippen LogP contribution in [0.25, 0.3) is 10.8 Å². The normalized spacial score (nSPS) is 15.8. The zero-order valence-electron chi connectivity index (χ0n) is 21.4. The van der Waals surface area contributed by atoms with E-state index in [0.717, 1.165) is 47.7 Å². The van der Waals surface area contributed by atoms with Gasteiger partial charge in [-0.05, 0) is 61.4 Å². The molecule has 1 N–H and O–H groups in total. The second kappa shape index (κ2) is 11.3. The molecule has 1 unspecified atom stereocenters. The van der Waals surface area contributed by atoms with Gasteiger partial charge in [-0.3, -0.25) is 14.4 Å². The Balaban J connectivity index is 1.29. The second-order valence-electron chi connectivity index (χ2n) is 10.2. The first-order chi connectivity index (χ1) is 18.3. The molecule has 5 rings (SSSR count). The van der Waals surface area contributed by atoms with E-state index >= 15 is 0 Å². The van der Waals surface area contributed by atoms with Crippen LogP contribution in [0.1, 0.15) is 61.4 Å². The van der Waals surface area contributed by atoms with Gasteiger partial charge in [-0.15, -0.1) is 0 Å². The van der Waals surface area contributed by atoms with Crippen LogP contribution in [0.4, 0.5) is 5.69 Å². The van der Waals surface area contributed by atoms with Crippen LogP contribution in [0.5, 0.6) is 0 Å². The van der Waals surface area contributed by atoms with Crippen LogP contribution in [-0.2, 0) is 16.1 Å². The molecule has 1 fully saturated rings. The van der Waals surface area contributed by atoms with Gasteiger partial charge in [0.2, 0.25) is 11.8 Å². The van der Waals surface area contributed by atoms with Crippen molar-refractivity contribution in [1.29, 1.82) is 0 Å². The van der Waals surface area contributed by atoms with Crippen molar-refractivity contribution < 1.29 is 14.4 Å². The van der Waals surface area contributed by atoms with Crippen molar-refractivity contribution in [3.63, 3.8) is 0 Å². The standard InChI is InChI=1S/C30H31Cl2N3O3/c1-19(29(37)33-23-9-2-3-10-23)35(18-21-14-15-22(31)17-25(21)32)27(36)13-6-16-34-26-12-5-8-20-7-4-11-24(28(20)26)30(34)38/h4-5,7-8,11-12,14-15,17,19,23H,2-3,6,9-10,13,16,18H2,1H3,(H,33,37). The van der Waals surface area contributed by atoms with E-state index in [4.69, 9.17) is 23.2 Å². The van der Waals surface area contributed by atoms with E-state index < -0.39 is 6.04 Å². The number of rotatable bonds is 9. The molecule has 3 aromatic carbocycles. The Morgan fingerprint density at radius 1 is 1.08 bits per heavy atom. The molecule has 3 amide bonds. The molecule has 1 atom stereocenters. The van der Waals surface area contributed by atoms with E-state index in [1.807, 2.05) is 36.4 Å². The number of anilines is 1. The molecular formula is C30H31Cl2N3O3. The molecule has 1 heterocycles. The number of hydrogen-bond acceptors (Lipinski definition) is 3. The monoisotopic (exact) mass is 551 g/mol. The van der Waals surface area contributed by atoms with E-state index in [0.29, 0.717) is 28.6 Å². The molecule has 1 aliphatic carbocycles. The third-order valence-corrected chi connectivity index (χ3v) is 8.23. The Labute approximate surface area is 232 Å². The van der Waals surface area contributed by atoms with Crippen molar-refractivity contribution in [3.8, 4) is 0 Å². The number of amides is 3. The SMILES string of the molecule is CC(C(=O)NC1CCCC1)N(Cc1ccc(Cl)cc1Cl)C(=O)CCCN1C(=O)c2cccc3cccc1c23. The maximum atomic E-state index is 13.5. The summed E-state index contributed by atoms with van der Waals surface area (Å²) in [5, 5.41) is 6.06. The van der Waals surface area contributed by atoms with Gasteiger partial charge in [-0.25, -0.2) is 0 Å². The first-order valence-electron chi connectivity index (χ1n) is 13.2. The van der Waals surface area contributed by atoms with Gasteiger partial charge in [0.25, 0.3) is 5.91 Å². The Morgan fingerprint density at radius 3 is 2.55 bits per heavy atom. The van der Waals surface area contributed by atoms with Crippen molar-refractivity contribution in [2.75, 3.05) is 11.4 Å². The van der Waals surface area contributed by atoms with Crippen molar-refractivity contribution >= 4 is 57.4 Å². The van der Waals surface area contributed by atoms with Gasteiger partial charge in [0, 0.05) is 46.5 Å². The summed E-state index contributed by atoms with van der Waals surface area (Å²) in [6, 6.07) is 16.3. The van der Waals surface area contributed by atoms with E-state index in [9.17, 15) is 14.4 Å². The number of halogens is 2. The highest BCUT2D eigenvalue weighted by Gasteiger charge is 2.31. The number of carbonyl (C=O) groups excluding carboxylic acids is 3. The molecule has 0 bridgehead atoms. The lowest BCUT2D eigenvalue weighted by atomic mass is 10.1. The van der Waals surface area contributed by atoms with Crippen LogP contribution in [0.3, 0.4) is 0 Å². The number of nitrogens with zero attached hydrogens (tertiary/aromatic N) is 2. The number of hydrogen-bond donors (Lipinski definition) is 1. The van der Waals surface area contributed by atoms with Gasteiger partial charge in [0.15, 0.2) is 0 Å². The van der Waals surface area contributed by atoms with E-state index in [1.165, 1.54) is 0 Å². The highest BCUT2D eigenvalue weighted by molar-refractivity contribution is 6.35. The van der Waals surface area contributed by atoms with E-state index in [-0.39, 0.29) is 36.7 Å². The fraction of sp³-hybridized carbons (Fsp3) is 0.367. The molecule has 0 radical (unpaired) electrons. The second-order valence-corrected chi connectivity index (χ2v) is 11.0. The fourth-order valence-corrected chi connectivity index (χ4v) is 6.01. The van der Waals surface area contributed by atoms with Gasteiger partial charge in [-0.1, -0.05) is 66.4 Å². The molecule has 1 aliphatic heterocycles. The van der Waals surface area contributed by atoms with Gasteiger partial charge >= 0.3 is 0 Å². The smallest absolute Gasteiger partial charge is 0.258 e. The minimum absolute atomic E-state index is 0.0432. The van der Waals surface area contributed by atoms with E-state index in [1.54, 1.807) is 34.9 Å². The number of benzene rings is 3. The quantitative estimate of drug-likeness (QED) is 0.336. The van der Waals surface area contributed by atoms with Gasteiger partial charge in [0.05, 0.1) is 5.69 Å². The Kier molecular flexibility index (Phi) is 7.91. The van der Waals surface area contributed by atoms with Gasteiger partial charge in [-0.2, -0.15) is 0 Å². The summed E-state index contributed by atoms with van der Waals surface area (Å²) in [4.78, 5) is 43.1. The van der Waals surface area contributed by atoms with Crippen molar-refractivity contribution in [3.05, 3.63) is 75.8 Å². The molecule has 38 heavy (non-hydrogen) atoms. The Morgan fingerprint density at radius 2 is 1.82 bits per heavy atom. The maximum Gasteiger partial charge on any atom is 0.258 e. The van der Waals surface area contributed by atoms with Gasteiger partial charge < -0.3 is 15.1 Å². The molecule has 0 aromatic heterocycles. The largest absolute Gasteiger partial charge is 0.352 e. The topological polar surface area (TPSA) is 69.7 Å². The Bertz CT molecular complexity index is 1380. The summed E-state index contributed by atoms with van der Waals surface area (Å²) in [6.45, 7) is 2.37. The maximum absolute atomic E-state index is 13.5. The summed E-state index contributed by atoms with van der Waals surface area (Å²) in [7, 11) is 0. The summed E-state index contributed by atoms with van der Waals surface area (Å²) in [6.07, 6.45) is 4.81. The van der Waals surface area contributed by atoms with Crippen molar-refractivity contribution in [2.45, 2.75) is 64.1 Å². The first kappa shape index (κ1) is 26.5. The summed E-state index contributed by atoms with van der Waals surface area (Å²) >= 11 is 12.5. The van der Waals surface area contributed by atoms with E-state index in [2.05, 4.69) is 5.32 Å². The van der Waals surface area contributed by atoms with Gasteiger partial charge in [0.1, 0.15) is 6.04 Å². The lowest BCUT2D eigenvalue weighted by Crippen LogP contribution is -2.49. The van der Waals surface area contributed by atoms with Crippen LogP contribution < -0.4 is 10.2 Å². The number of carbonyl (C=O) groups is 3. The molecular weight excluding hydrogens is 521 g/mol. The molecule has 3 aromatic rings. The van der Waals surface area contributed by atoms with Crippen molar-refractivity contribution in [1.82, 2.24) is 10.2 Å².